The number of carbonyl (C=O) groups is 1. The average Bonchev–Trinajstić information content (AvgIpc) is 2.33. The molecule has 2 aromatic carbocycles. The number of hydrogen-bond donors (Lipinski definition) is 3. The van der Waals surface area contributed by atoms with E-state index < -0.39 is 5.91 Å². The van der Waals surface area contributed by atoms with Crippen molar-refractivity contribution in [3.8, 4) is 0 Å². The van der Waals surface area contributed by atoms with Crippen molar-refractivity contribution in [3.63, 3.8) is 0 Å². The van der Waals surface area contributed by atoms with E-state index in [-0.39, 0.29) is 0 Å². The van der Waals surface area contributed by atoms with Crippen LogP contribution in [0.2, 0.25) is 0 Å². The fraction of sp³-hybridized carbons (Fsp3) is 0. The lowest BCUT2D eigenvalue weighted by Crippen LogP contribution is -2.11. The molecule has 0 aliphatic carbocycles. The Labute approximate surface area is 99.2 Å². The summed E-state index contributed by atoms with van der Waals surface area (Å²) in [6.45, 7) is 0. The van der Waals surface area contributed by atoms with Crippen molar-refractivity contribution in [2.45, 2.75) is 0 Å². The Balaban J connectivity index is 2.32. The molecule has 0 unspecified atom stereocenters. The molecule has 2 aromatic rings. The Hall–Kier alpha value is -2.49. The zero-order valence-corrected chi connectivity index (χ0v) is 9.18. The van der Waals surface area contributed by atoms with Gasteiger partial charge in [0.05, 0.1) is 11.4 Å². The molecule has 4 nitrogen and oxygen atoms in total. The SMILES string of the molecule is NC(=O)c1ccc(N)c(Nc2ccccc2)c1. The zero-order valence-electron chi connectivity index (χ0n) is 9.18. The molecule has 86 valence electrons. The minimum atomic E-state index is -0.471. The molecule has 0 saturated heterocycles. The van der Waals surface area contributed by atoms with Crippen LogP contribution in [0.3, 0.4) is 0 Å². The second-order valence-corrected chi connectivity index (χ2v) is 3.66. The molecule has 0 aliphatic heterocycles. The Morgan fingerprint density at radius 2 is 1.76 bits per heavy atom. The third-order valence-electron chi connectivity index (χ3n) is 2.39. The smallest absolute Gasteiger partial charge is 0.248 e. The molecule has 0 heterocycles. The highest BCUT2D eigenvalue weighted by Gasteiger charge is 2.05. The van der Waals surface area contributed by atoms with Gasteiger partial charge in [-0.05, 0) is 30.3 Å². The molecular formula is C13H13N3O. The highest BCUT2D eigenvalue weighted by molar-refractivity contribution is 5.95. The van der Waals surface area contributed by atoms with Gasteiger partial charge in [0.15, 0.2) is 0 Å². The van der Waals surface area contributed by atoms with Gasteiger partial charge in [0.25, 0.3) is 0 Å². The quantitative estimate of drug-likeness (QED) is 0.702. The number of anilines is 3. The number of nitrogens with two attached hydrogens (primary N) is 2. The van der Waals surface area contributed by atoms with E-state index in [9.17, 15) is 4.79 Å². The summed E-state index contributed by atoms with van der Waals surface area (Å²) < 4.78 is 0. The number of para-hydroxylation sites is 1. The molecule has 1 amide bonds. The lowest BCUT2D eigenvalue weighted by atomic mass is 10.1. The number of rotatable bonds is 3. The van der Waals surface area contributed by atoms with Crippen LogP contribution in [0.5, 0.6) is 0 Å². The minimum Gasteiger partial charge on any atom is -0.397 e. The molecule has 0 saturated carbocycles. The summed E-state index contributed by atoms with van der Waals surface area (Å²) in [5.74, 6) is -0.471. The van der Waals surface area contributed by atoms with E-state index in [1.165, 1.54) is 0 Å². The molecule has 0 aliphatic rings. The predicted octanol–water partition coefficient (Wildman–Crippen LogP) is 2.11. The van der Waals surface area contributed by atoms with Crippen LogP contribution >= 0.6 is 0 Å². The largest absolute Gasteiger partial charge is 0.397 e. The molecule has 0 radical (unpaired) electrons. The molecule has 17 heavy (non-hydrogen) atoms. The Kier molecular flexibility index (Phi) is 2.96. The number of primary amides is 1. The number of carbonyl (C=O) groups excluding carboxylic acids is 1. The van der Waals surface area contributed by atoms with Gasteiger partial charge in [-0.25, -0.2) is 0 Å². The summed E-state index contributed by atoms with van der Waals surface area (Å²) in [4.78, 5) is 11.1. The van der Waals surface area contributed by atoms with Gasteiger partial charge in [0.2, 0.25) is 5.91 Å². The van der Waals surface area contributed by atoms with Crippen molar-refractivity contribution in [1.82, 2.24) is 0 Å². The molecule has 5 N–H and O–H groups in total. The fourth-order valence-electron chi connectivity index (χ4n) is 1.49. The maximum Gasteiger partial charge on any atom is 0.248 e. The number of nitrogens with one attached hydrogen (secondary N) is 1. The van der Waals surface area contributed by atoms with Crippen LogP contribution in [-0.4, -0.2) is 5.91 Å². The van der Waals surface area contributed by atoms with E-state index in [0.29, 0.717) is 16.9 Å². The van der Waals surface area contributed by atoms with Gasteiger partial charge in [0.1, 0.15) is 0 Å². The summed E-state index contributed by atoms with van der Waals surface area (Å²) in [7, 11) is 0. The maximum atomic E-state index is 11.1. The van der Waals surface area contributed by atoms with E-state index in [1.54, 1.807) is 18.2 Å². The van der Waals surface area contributed by atoms with Gasteiger partial charge in [-0.1, -0.05) is 18.2 Å². The predicted molar refractivity (Wildman–Crippen MR) is 69.1 cm³/mol. The lowest BCUT2D eigenvalue weighted by Gasteiger charge is -2.10. The number of nitrogen functional groups attached to an aromatic ring is 1. The maximum absolute atomic E-state index is 11.1. The summed E-state index contributed by atoms with van der Waals surface area (Å²) in [6, 6.07) is 14.5. The van der Waals surface area contributed by atoms with Crippen molar-refractivity contribution < 1.29 is 4.79 Å². The lowest BCUT2D eigenvalue weighted by molar-refractivity contribution is 0.100. The highest BCUT2D eigenvalue weighted by Crippen LogP contribution is 2.24. The number of benzene rings is 2. The molecule has 4 heteroatoms. The number of hydrogen-bond acceptors (Lipinski definition) is 3. The second-order valence-electron chi connectivity index (χ2n) is 3.66. The Morgan fingerprint density at radius 3 is 2.41 bits per heavy atom. The number of amides is 1. The topological polar surface area (TPSA) is 81.1 Å². The van der Waals surface area contributed by atoms with Crippen molar-refractivity contribution >= 4 is 23.0 Å². The Bertz CT molecular complexity index is 538. The van der Waals surface area contributed by atoms with Crippen molar-refractivity contribution in [2.75, 3.05) is 11.1 Å². The first-order valence-electron chi connectivity index (χ1n) is 5.18. The molecule has 0 atom stereocenters. The summed E-state index contributed by atoms with van der Waals surface area (Å²) >= 11 is 0. The fourth-order valence-corrected chi connectivity index (χ4v) is 1.49. The van der Waals surface area contributed by atoms with Crippen LogP contribution in [-0.2, 0) is 0 Å². The van der Waals surface area contributed by atoms with Gasteiger partial charge in [0, 0.05) is 11.3 Å². The van der Waals surface area contributed by atoms with Gasteiger partial charge >= 0.3 is 0 Å². The molecule has 2 rings (SSSR count). The Morgan fingerprint density at radius 1 is 1.06 bits per heavy atom. The zero-order chi connectivity index (χ0) is 12.3. The van der Waals surface area contributed by atoms with Crippen LogP contribution in [0.1, 0.15) is 10.4 Å². The molecule has 0 bridgehead atoms. The van der Waals surface area contributed by atoms with Crippen LogP contribution < -0.4 is 16.8 Å². The third-order valence-corrected chi connectivity index (χ3v) is 2.39. The molecule has 0 fully saturated rings. The first kappa shape index (κ1) is 11.0. The first-order chi connectivity index (χ1) is 8.16. The van der Waals surface area contributed by atoms with Gasteiger partial charge in [-0.3, -0.25) is 4.79 Å². The molecule has 0 aromatic heterocycles. The minimum absolute atomic E-state index is 0.428. The van der Waals surface area contributed by atoms with Crippen LogP contribution in [0, 0.1) is 0 Å². The van der Waals surface area contributed by atoms with E-state index in [0.717, 1.165) is 5.69 Å². The second kappa shape index (κ2) is 4.57. The van der Waals surface area contributed by atoms with Gasteiger partial charge < -0.3 is 16.8 Å². The normalized spacial score (nSPS) is 9.88. The van der Waals surface area contributed by atoms with Crippen molar-refractivity contribution in [1.29, 1.82) is 0 Å². The van der Waals surface area contributed by atoms with E-state index in [1.807, 2.05) is 30.3 Å². The van der Waals surface area contributed by atoms with Crippen LogP contribution in [0.4, 0.5) is 17.1 Å². The third kappa shape index (κ3) is 2.55. The van der Waals surface area contributed by atoms with Crippen LogP contribution in [0.25, 0.3) is 0 Å². The van der Waals surface area contributed by atoms with Crippen LogP contribution in [0.15, 0.2) is 48.5 Å². The van der Waals surface area contributed by atoms with Gasteiger partial charge in [-0.2, -0.15) is 0 Å². The van der Waals surface area contributed by atoms with Crippen molar-refractivity contribution in [3.05, 3.63) is 54.1 Å². The molecular weight excluding hydrogens is 214 g/mol. The summed E-state index contributed by atoms with van der Waals surface area (Å²) in [6.07, 6.45) is 0. The monoisotopic (exact) mass is 227 g/mol. The van der Waals surface area contributed by atoms with E-state index in [4.69, 9.17) is 11.5 Å². The standard InChI is InChI=1S/C13H13N3O/c14-11-7-6-9(13(15)17)8-12(11)16-10-4-2-1-3-5-10/h1-8,16H,14H2,(H2,15,17). The first-order valence-corrected chi connectivity index (χ1v) is 5.18. The molecule has 0 spiro atoms. The summed E-state index contributed by atoms with van der Waals surface area (Å²) in [5, 5.41) is 3.13. The average molecular weight is 227 g/mol. The van der Waals surface area contributed by atoms with E-state index in [2.05, 4.69) is 5.32 Å². The summed E-state index contributed by atoms with van der Waals surface area (Å²) in [5.41, 5.74) is 13.6. The van der Waals surface area contributed by atoms with E-state index >= 15 is 0 Å². The highest BCUT2D eigenvalue weighted by atomic mass is 16.1. The van der Waals surface area contributed by atoms with Crippen molar-refractivity contribution in [2.24, 2.45) is 5.73 Å². The van der Waals surface area contributed by atoms with Gasteiger partial charge in [-0.15, -0.1) is 0 Å².